The van der Waals surface area contributed by atoms with E-state index >= 15 is 0 Å². The minimum Gasteiger partial charge on any atom is -0.374 e. The Morgan fingerprint density at radius 2 is 2.13 bits per heavy atom. The Morgan fingerprint density at radius 1 is 1.40 bits per heavy atom. The number of nitrogens with zero attached hydrogens (tertiary/aromatic N) is 1. The molecule has 0 radical (unpaired) electrons. The Balaban J connectivity index is 1.70. The number of likely N-dealkylation sites (tertiary alicyclic amines) is 1. The fourth-order valence-electron chi connectivity index (χ4n) is 2.13. The maximum absolute atomic E-state index is 5.63. The number of hydrogen-bond acceptors (Lipinski definition) is 5. The third-order valence-electron chi connectivity index (χ3n) is 3.14. The van der Waals surface area contributed by atoms with Crippen LogP contribution in [0.1, 0.15) is 0 Å². The first kappa shape index (κ1) is 11.3. The molecule has 0 aliphatic carbocycles. The van der Waals surface area contributed by atoms with Crippen LogP contribution in [0.25, 0.3) is 0 Å². The molecule has 2 aliphatic rings. The van der Waals surface area contributed by atoms with Crippen molar-refractivity contribution < 1.29 is 14.2 Å². The average molecular weight is 216 g/mol. The topological polar surface area (TPSA) is 43.0 Å². The van der Waals surface area contributed by atoms with Gasteiger partial charge in [-0.3, -0.25) is 4.90 Å². The maximum atomic E-state index is 5.63. The molecule has 15 heavy (non-hydrogen) atoms. The molecule has 0 aromatic heterocycles. The van der Waals surface area contributed by atoms with Crippen molar-refractivity contribution in [3.05, 3.63) is 0 Å². The second-order valence-electron chi connectivity index (χ2n) is 4.19. The molecule has 5 heteroatoms. The Hall–Kier alpha value is -0.200. The Kier molecular flexibility index (Phi) is 3.58. The van der Waals surface area contributed by atoms with Crippen molar-refractivity contribution in [2.75, 3.05) is 53.6 Å². The first-order valence-corrected chi connectivity index (χ1v) is 5.43. The number of nitrogens with one attached hydrogen (secondary N) is 1. The van der Waals surface area contributed by atoms with Gasteiger partial charge in [0.05, 0.1) is 25.8 Å². The fraction of sp³-hybridized carbons (Fsp3) is 1.00. The van der Waals surface area contributed by atoms with Crippen LogP contribution < -0.4 is 5.32 Å². The highest BCUT2D eigenvalue weighted by Crippen LogP contribution is 2.25. The molecule has 0 amide bonds. The van der Waals surface area contributed by atoms with Crippen molar-refractivity contribution in [3.8, 4) is 0 Å². The minimum absolute atomic E-state index is 0.311. The van der Waals surface area contributed by atoms with Crippen LogP contribution in [0, 0.1) is 0 Å². The third kappa shape index (κ3) is 2.49. The van der Waals surface area contributed by atoms with E-state index in [0.29, 0.717) is 6.10 Å². The molecule has 0 bridgehead atoms. The summed E-state index contributed by atoms with van der Waals surface area (Å²) in [6.07, 6.45) is 0.311. The molecule has 2 heterocycles. The average Bonchev–Trinajstić information content (AvgIpc) is 2.24. The molecule has 2 saturated heterocycles. The summed E-state index contributed by atoms with van der Waals surface area (Å²) in [6, 6.07) is 0. The molecule has 1 atom stereocenters. The zero-order valence-electron chi connectivity index (χ0n) is 9.49. The van der Waals surface area contributed by atoms with E-state index in [1.54, 1.807) is 14.2 Å². The first-order valence-electron chi connectivity index (χ1n) is 5.43. The van der Waals surface area contributed by atoms with Gasteiger partial charge in [-0.25, -0.2) is 0 Å². The Bertz CT molecular complexity index is 195. The monoisotopic (exact) mass is 216 g/mol. The molecule has 0 saturated carbocycles. The molecule has 88 valence electrons. The van der Waals surface area contributed by atoms with Gasteiger partial charge in [0.25, 0.3) is 0 Å². The van der Waals surface area contributed by atoms with Gasteiger partial charge in [0.2, 0.25) is 0 Å². The molecular formula is C10H20N2O3. The summed E-state index contributed by atoms with van der Waals surface area (Å²) in [5, 5.41) is 3.32. The number of hydrogen-bond donors (Lipinski definition) is 1. The Labute approximate surface area is 90.7 Å². The zero-order valence-corrected chi connectivity index (χ0v) is 9.49. The van der Waals surface area contributed by atoms with Crippen molar-refractivity contribution >= 4 is 0 Å². The van der Waals surface area contributed by atoms with Crippen LogP contribution in [0.5, 0.6) is 0 Å². The van der Waals surface area contributed by atoms with E-state index in [-0.39, 0.29) is 5.79 Å². The van der Waals surface area contributed by atoms with E-state index in [9.17, 15) is 0 Å². The quantitative estimate of drug-likeness (QED) is 0.628. The molecule has 0 aromatic rings. The fourth-order valence-corrected chi connectivity index (χ4v) is 2.13. The van der Waals surface area contributed by atoms with E-state index < -0.39 is 0 Å². The van der Waals surface area contributed by atoms with Crippen LogP contribution in [-0.2, 0) is 14.2 Å². The first-order chi connectivity index (χ1) is 7.28. The molecule has 0 aromatic carbocycles. The van der Waals surface area contributed by atoms with Gasteiger partial charge in [-0.1, -0.05) is 0 Å². The van der Waals surface area contributed by atoms with Gasteiger partial charge in [-0.15, -0.1) is 0 Å². The largest absolute Gasteiger partial charge is 0.374 e. The highest BCUT2D eigenvalue weighted by atomic mass is 16.7. The number of methoxy groups -OCH3 is 2. The minimum atomic E-state index is -0.373. The smallest absolute Gasteiger partial charge is 0.193 e. The van der Waals surface area contributed by atoms with Crippen LogP contribution in [0.2, 0.25) is 0 Å². The normalized spacial score (nSPS) is 31.2. The second kappa shape index (κ2) is 4.76. The highest BCUT2D eigenvalue weighted by Gasteiger charge is 2.44. The van der Waals surface area contributed by atoms with E-state index in [2.05, 4.69) is 10.2 Å². The molecule has 1 N–H and O–H groups in total. The summed E-state index contributed by atoms with van der Waals surface area (Å²) in [7, 11) is 3.39. The predicted molar refractivity (Wildman–Crippen MR) is 55.8 cm³/mol. The van der Waals surface area contributed by atoms with Gasteiger partial charge in [0.15, 0.2) is 5.79 Å². The molecule has 1 unspecified atom stereocenters. The van der Waals surface area contributed by atoms with Crippen molar-refractivity contribution in [1.82, 2.24) is 10.2 Å². The molecule has 0 spiro atoms. The van der Waals surface area contributed by atoms with E-state index in [0.717, 1.165) is 39.3 Å². The summed E-state index contributed by atoms with van der Waals surface area (Å²) in [6.45, 7) is 5.36. The highest BCUT2D eigenvalue weighted by molar-refractivity contribution is 4.90. The summed E-state index contributed by atoms with van der Waals surface area (Å²) < 4.78 is 16.3. The van der Waals surface area contributed by atoms with Gasteiger partial charge in [-0.05, 0) is 0 Å². The molecule has 2 fully saturated rings. The van der Waals surface area contributed by atoms with Gasteiger partial charge in [0.1, 0.15) is 0 Å². The van der Waals surface area contributed by atoms with Gasteiger partial charge in [-0.2, -0.15) is 0 Å². The lowest BCUT2D eigenvalue weighted by Crippen LogP contribution is -2.65. The van der Waals surface area contributed by atoms with Crippen LogP contribution in [0.15, 0.2) is 0 Å². The Morgan fingerprint density at radius 3 is 2.67 bits per heavy atom. The lowest BCUT2D eigenvalue weighted by Gasteiger charge is -2.48. The number of morpholine rings is 1. The summed E-state index contributed by atoms with van der Waals surface area (Å²) >= 11 is 0. The van der Waals surface area contributed by atoms with Gasteiger partial charge >= 0.3 is 0 Å². The van der Waals surface area contributed by atoms with Crippen LogP contribution in [0.4, 0.5) is 0 Å². The van der Waals surface area contributed by atoms with Crippen molar-refractivity contribution in [2.45, 2.75) is 11.9 Å². The molecular weight excluding hydrogens is 196 g/mol. The second-order valence-corrected chi connectivity index (χ2v) is 4.19. The summed E-state index contributed by atoms with van der Waals surface area (Å²) in [4.78, 5) is 2.30. The molecule has 5 nitrogen and oxygen atoms in total. The SMILES string of the molecule is COC1(OC)CN(CC2CNCCO2)C1. The summed E-state index contributed by atoms with van der Waals surface area (Å²) in [5.41, 5.74) is 0. The van der Waals surface area contributed by atoms with E-state index in [1.807, 2.05) is 0 Å². The predicted octanol–water partition coefficient (Wildman–Crippen LogP) is -0.720. The van der Waals surface area contributed by atoms with Gasteiger partial charge in [0, 0.05) is 33.9 Å². The van der Waals surface area contributed by atoms with Crippen molar-refractivity contribution in [1.29, 1.82) is 0 Å². The third-order valence-corrected chi connectivity index (χ3v) is 3.14. The maximum Gasteiger partial charge on any atom is 0.193 e. The zero-order chi connectivity index (χ0) is 10.7. The van der Waals surface area contributed by atoms with E-state index in [4.69, 9.17) is 14.2 Å². The number of ether oxygens (including phenoxy) is 3. The summed E-state index contributed by atoms with van der Waals surface area (Å²) in [5.74, 6) is -0.373. The lowest BCUT2D eigenvalue weighted by molar-refractivity contribution is -0.278. The van der Waals surface area contributed by atoms with Crippen molar-refractivity contribution in [2.24, 2.45) is 0 Å². The lowest BCUT2D eigenvalue weighted by atomic mass is 10.1. The standard InChI is InChI=1S/C10H20N2O3/c1-13-10(14-2)7-12(8-10)6-9-5-11-3-4-15-9/h9,11H,3-8H2,1-2H3. The molecule has 2 rings (SSSR count). The van der Waals surface area contributed by atoms with Gasteiger partial charge < -0.3 is 19.5 Å². The number of rotatable bonds is 4. The molecule has 2 aliphatic heterocycles. The van der Waals surface area contributed by atoms with Crippen LogP contribution in [-0.4, -0.2) is 70.3 Å². The van der Waals surface area contributed by atoms with Crippen LogP contribution >= 0.6 is 0 Å². The van der Waals surface area contributed by atoms with Crippen molar-refractivity contribution in [3.63, 3.8) is 0 Å². The van der Waals surface area contributed by atoms with Crippen LogP contribution in [0.3, 0.4) is 0 Å². The van der Waals surface area contributed by atoms with E-state index in [1.165, 1.54) is 0 Å².